The van der Waals surface area contributed by atoms with E-state index in [0.717, 1.165) is 17.1 Å². The second-order valence-electron chi connectivity index (χ2n) is 5.17. The van der Waals surface area contributed by atoms with E-state index in [-0.39, 0.29) is 12.7 Å². The van der Waals surface area contributed by atoms with Crippen molar-refractivity contribution in [1.29, 1.82) is 0 Å². The maximum absolute atomic E-state index is 11.9. The van der Waals surface area contributed by atoms with Crippen molar-refractivity contribution in [2.75, 3.05) is 18.7 Å². The molecule has 3 rings (SSSR count). The average Bonchev–Trinajstić information content (AvgIpc) is 2.99. The first-order valence-corrected chi connectivity index (χ1v) is 7.73. The summed E-state index contributed by atoms with van der Waals surface area (Å²) < 4.78 is 10.6. The van der Waals surface area contributed by atoms with Gasteiger partial charge in [0.15, 0.2) is 11.5 Å². The minimum absolute atomic E-state index is 0.0505. The quantitative estimate of drug-likeness (QED) is 0.798. The molecule has 0 saturated carbocycles. The predicted octanol–water partition coefficient (Wildman–Crippen LogP) is 3.19. The van der Waals surface area contributed by atoms with Crippen molar-refractivity contribution in [1.82, 2.24) is 5.32 Å². The molecule has 1 heterocycles. The zero-order chi connectivity index (χ0) is 16.1. The molecule has 0 atom stereocenters. The van der Waals surface area contributed by atoms with Crippen LogP contribution in [0.5, 0.6) is 11.5 Å². The van der Waals surface area contributed by atoms with Crippen LogP contribution in [-0.2, 0) is 11.3 Å². The highest BCUT2D eigenvalue weighted by Crippen LogP contribution is 2.32. The lowest BCUT2D eigenvalue weighted by atomic mass is 10.2. The minimum Gasteiger partial charge on any atom is -0.454 e. The monoisotopic (exact) mass is 332 g/mol. The van der Waals surface area contributed by atoms with Gasteiger partial charge in [0, 0.05) is 30.2 Å². The van der Waals surface area contributed by atoms with E-state index >= 15 is 0 Å². The number of halogens is 1. The van der Waals surface area contributed by atoms with Gasteiger partial charge in [-0.25, -0.2) is 0 Å². The van der Waals surface area contributed by atoms with Gasteiger partial charge < -0.3 is 20.1 Å². The molecule has 0 saturated heterocycles. The summed E-state index contributed by atoms with van der Waals surface area (Å²) in [7, 11) is 0. The summed E-state index contributed by atoms with van der Waals surface area (Å²) in [6, 6.07) is 12.9. The first-order chi connectivity index (χ1) is 11.2. The van der Waals surface area contributed by atoms with E-state index in [0.29, 0.717) is 30.2 Å². The Bertz CT molecular complexity index is 706. The van der Waals surface area contributed by atoms with Gasteiger partial charge in [0.1, 0.15) is 0 Å². The highest BCUT2D eigenvalue weighted by atomic mass is 35.5. The van der Waals surface area contributed by atoms with Crippen LogP contribution < -0.4 is 20.1 Å². The van der Waals surface area contributed by atoms with Crippen LogP contribution in [0.25, 0.3) is 0 Å². The molecule has 2 aromatic rings. The van der Waals surface area contributed by atoms with Crippen molar-refractivity contribution in [2.45, 2.75) is 13.0 Å². The van der Waals surface area contributed by atoms with Crippen LogP contribution in [-0.4, -0.2) is 19.2 Å². The van der Waals surface area contributed by atoms with Gasteiger partial charge in [-0.05, 0) is 35.9 Å². The van der Waals surface area contributed by atoms with Gasteiger partial charge >= 0.3 is 0 Å². The molecule has 2 aromatic carbocycles. The fourth-order valence-electron chi connectivity index (χ4n) is 2.28. The molecular weight excluding hydrogens is 316 g/mol. The number of anilines is 1. The van der Waals surface area contributed by atoms with E-state index in [1.807, 2.05) is 24.3 Å². The van der Waals surface area contributed by atoms with Crippen molar-refractivity contribution in [3.8, 4) is 11.5 Å². The van der Waals surface area contributed by atoms with Crippen molar-refractivity contribution in [3.63, 3.8) is 0 Å². The summed E-state index contributed by atoms with van der Waals surface area (Å²) in [5.41, 5.74) is 1.79. The fraction of sp³-hybridized carbons (Fsp3) is 0.235. The summed E-state index contributed by atoms with van der Waals surface area (Å²) in [6.07, 6.45) is 0.386. The number of benzene rings is 2. The molecule has 0 spiro atoms. The number of nitrogens with one attached hydrogen (secondary N) is 2. The lowest BCUT2D eigenvalue weighted by Gasteiger charge is -2.07. The highest BCUT2D eigenvalue weighted by molar-refractivity contribution is 6.30. The Morgan fingerprint density at radius 3 is 2.87 bits per heavy atom. The van der Waals surface area contributed by atoms with E-state index in [2.05, 4.69) is 10.6 Å². The number of ether oxygens (including phenoxy) is 2. The molecule has 5 nitrogen and oxygen atoms in total. The highest BCUT2D eigenvalue weighted by Gasteiger charge is 2.12. The maximum Gasteiger partial charge on any atom is 0.231 e. The number of carbonyl (C=O) groups is 1. The predicted molar refractivity (Wildman–Crippen MR) is 89.0 cm³/mol. The van der Waals surface area contributed by atoms with Crippen LogP contribution >= 0.6 is 11.6 Å². The van der Waals surface area contributed by atoms with E-state index in [9.17, 15) is 4.79 Å². The van der Waals surface area contributed by atoms with E-state index in [1.165, 1.54) is 0 Å². The van der Waals surface area contributed by atoms with Crippen molar-refractivity contribution >= 4 is 23.2 Å². The first-order valence-electron chi connectivity index (χ1n) is 7.35. The third-order valence-electron chi connectivity index (χ3n) is 3.40. The molecule has 1 aliphatic rings. The normalized spacial score (nSPS) is 12.2. The zero-order valence-electron chi connectivity index (χ0n) is 12.5. The maximum atomic E-state index is 11.9. The lowest BCUT2D eigenvalue weighted by Crippen LogP contribution is -2.21. The Morgan fingerprint density at radius 1 is 1.13 bits per heavy atom. The van der Waals surface area contributed by atoms with E-state index in [1.54, 1.807) is 18.2 Å². The smallest absolute Gasteiger partial charge is 0.231 e. The fourth-order valence-corrected chi connectivity index (χ4v) is 2.47. The van der Waals surface area contributed by atoms with E-state index in [4.69, 9.17) is 21.1 Å². The van der Waals surface area contributed by atoms with Crippen molar-refractivity contribution < 1.29 is 14.3 Å². The summed E-state index contributed by atoms with van der Waals surface area (Å²) in [4.78, 5) is 11.9. The molecule has 0 radical (unpaired) electrons. The molecule has 23 heavy (non-hydrogen) atoms. The first kappa shape index (κ1) is 15.6. The number of fused-ring (bicyclic) bond motifs is 1. The molecule has 0 aliphatic carbocycles. The molecule has 2 N–H and O–H groups in total. The Morgan fingerprint density at radius 2 is 2.00 bits per heavy atom. The van der Waals surface area contributed by atoms with Gasteiger partial charge in [-0.15, -0.1) is 0 Å². The SMILES string of the molecule is O=C(CCNCc1ccc2c(c1)OCO2)Nc1cccc(Cl)c1. The topological polar surface area (TPSA) is 59.6 Å². The molecule has 0 unspecified atom stereocenters. The summed E-state index contributed by atoms with van der Waals surface area (Å²) in [5, 5.41) is 6.65. The zero-order valence-corrected chi connectivity index (χ0v) is 13.2. The van der Waals surface area contributed by atoms with Crippen molar-refractivity contribution in [2.24, 2.45) is 0 Å². The minimum atomic E-state index is -0.0505. The molecule has 1 aliphatic heterocycles. The molecule has 1 amide bonds. The molecule has 0 fully saturated rings. The van der Waals surface area contributed by atoms with Crippen molar-refractivity contribution in [3.05, 3.63) is 53.1 Å². The largest absolute Gasteiger partial charge is 0.454 e. The summed E-state index contributed by atoms with van der Waals surface area (Å²) in [5.74, 6) is 1.49. The standard InChI is InChI=1S/C17H17ClN2O3/c18-13-2-1-3-14(9-13)20-17(21)6-7-19-10-12-4-5-15-16(8-12)23-11-22-15/h1-5,8-9,19H,6-7,10-11H2,(H,20,21). The van der Waals surface area contributed by atoms with Gasteiger partial charge in [-0.1, -0.05) is 23.7 Å². The lowest BCUT2D eigenvalue weighted by molar-refractivity contribution is -0.116. The number of rotatable bonds is 6. The van der Waals surface area contributed by atoms with Gasteiger partial charge in [0.25, 0.3) is 0 Å². The number of hydrogen-bond donors (Lipinski definition) is 2. The molecule has 0 aromatic heterocycles. The van der Waals surface area contributed by atoms with Gasteiger partial charge in [0.2, 0.25) is 12.7 Å². The third kappa shape index (κ3) is 4.37. The summed E-state index contributed by atoms with van der Waals surface area (Å²) in [6.45, 7) is 1.53. The van der Waals surface area contributed by atoms with Crippen LogP contribution in [0.2, 0.25) is 5.02 Å². The Balaban J connectivity index is 1.40. The van der Waals surface area contributed by atoms with Crippen LogP contribution in [0, 0.1) is 0 Å². The number of amides is 1. The van der Waals surface area contributed by atoms with E-state index < -0.39 is 0 Å². The van der Waals surface area contributed by atoms with Crippen LogP contribution in [0.15, 0.2) is 42.5 Å². The van der Waals surface area contributed by atoms with Gasteiger partial charge in [-0.3, -0.25) is 4.79 Å². The van der Waals surface area contributed by atoms with Crippen LogP contribution in [0.1, 0.15) is 12.0 Å². The van der Waals surface area contributed by atoms with Gasteiger partial charge in [-0.2, -0.15) is 0 Å². The Labute approximate surface area is 139 Å². The summed E-state index contributed by atoms with van der Waals surface area (Å²) >= 11 is 5.88. The average molecular weight is 333 g/mol. The van der Waals surface area contributed by atoms with Crippen LogP contribution in [0.4, 0.5) is 5.69 Å². The molecular formula is C17H17ClN2O3. The molecule has 120 valence electrons. The van der Waals surface area contributed by atoms with Crippen LogP contribution in [0.3, 0.4) is 0 Å². The molecule has 6 heteroatoms. The third-order valence-corrected chi connectivity index (χ3v) is 3.64. The molecule has 0 bridgehead atoms. The second-order valence-corrected chi connectivity index (χ2v) is 5.61. The second kappa shape index (κ2) is 7.35. The Kier molecular flexibility index (Phi) is 5.00. The number of hydrogen-bond acceptors (Lipinski definition) is 4. The van der Waals surface area contributed by atoms with Gasteiger partial charge in [0.05, 0.1) is 0 Å². The Hall–Kier alpha value is -2.24. The number of carbonyl (C=O) groups excluding carboxylic acids is 1.